The lowest BCUT2D eigenvalue weighted by Gasteiger charge is -2.04. The van der Waals surface area contributed by atoms with Gasteiger partial charge >= 0.3 is 0 Å². The van der Waals surface area contributed by atoms with Gasteiger partial charge in [-0.25, -0.2) is 4.68 Å². The number of amides is 1. The van der Waals surface area contributed by atoms with Gasteiger partial charge in [0.25, 0.3) is 5.91 Å². The zero-order valence-electron chi connectivity index (χ0n) is 13.3. The van der Waals surface area contributed by atoms with E-state index in [1.807, 2.05) is 61.5 Å². The molecule has 0 aliphatic carbocycles. The molecule has 0 fully saturated rings. The predicted molar refractivity (Wildman–Crippen MR) is 92.1 cm³/mol. The molecule has 0 aliphatic heterocycles. The highest BCUT2D eigenvalue weighted by molar-refractivity contribution is 6.02. The Hall–Kier alpha value is -2.88. The number of nitrogens with zero attached hydrogens (tertiary/aromatic N) is 2. The van der Waals surface area contributed by atoms with Gasteiger partial charge in [-0.15, -0.1) is 0 Å². The number of rotatable bonds is 4. The van der Waals surface area contributed by atoms with Gasteiger partial charge in [-0.3, -0.25) is 4.79 Å². The number of benzene rings is 2. The number of anilines is 1. The molecular formula is C19H19N3O. The first-order valence-electron chi connectivity index (χ1n) is 7.70. The largest absolute Gasteiger partial charge is 0.321 e. The molecule has 1 aromatic heterocycles. The normalized spacial score (nSPS) is 10.5. The molecule has 3 rings (SSSR count). The Bertz CT molecular complexity index is 804. The van der Waals surface area contributed by atoms with Crippen LogP contribution in [0.4, 0.5) is 5.69 Å². The van der Waals surface area contributed by atoms with Crippen molar-refractivity contribution in [3.05, 3.63) is 77.6 Å². The first-order valence-corrected chi connectivity index (χ1v) is 7.70. The van der Waals surface area contributed by atoms with Crippen LogP contribution in [0.25, 0.3) is 5.69 Å². The Morgan fingerprint density at radius 1 is 1.09 bits per heavy atom. The van der Waals surface area contributed by atoms with Crippen LogP contribution >= 0.6 is 0 Å². The van der Waals surface area contributed by atoms with Crippen LogP contribution in [0, 0.1) is 6.92 Å². The average Bonchev–Trinajstić information content (AvgIpc) is 2.98. The van der Waals surface area contributed by atoms with E-state index in [0.29, 0.717) is 5.69 Å². The Kier molecular flexibility index (Phi) is 4.24. The molecule has 0 atom stereocenters. The van der Waals surface area contributed by atoms with Crippen molar-refractivity contribution in [1.29, 1.82) is 0 Å². The van der Waals surface area contributed by atoms with Gasteiger partial charge in [-0.1, -0.05) is 37.3 Å². The molecule has 0 unspecified atom stereocenters. The molecule has 0 radical (unpaired) electrons. The minimum atomic E-state index is -0.202. The lowest BCUT2D eigenvalue weighted by Crippen LogP contribution is -2.13. The molecule has 1 amide bonds. The smallest absolute Gasteiger partial charge is 0.276 e. The van der Waals surface area contributed by atoms with E-state index in [2.05, 4.69) is 17.3 Å². The topological polar surface area (TPSA) is 46.9 Å². The van der Waals surface area contributed by atoms with Gasteiger partial charge in [0, 0.05) is 11.4 Å². The molecule has 0 saturated carbocycles. The number of carbonyl (C=O) groups is 1. The molecule has 0 bridgehead atoms. The summed E-state index contributed by atoms with van der Waals surface area (Å²) in [4.78, 5) is 12.4. The van der Waals surface area contributed by atoms with E-state index in [1.54, 1.807) is 10.7 Å². The summed E-state index contributed by atoms with van der Waals surface area (Å²) in [7, 11) is 0. The van der Waals surface area contributed by atoms with Crippen molar-refractivity contribution in [3.8, 4) is 5.69 Å². The Morgan fingerprint density at radius 3 is 2.43 bits per heavy atom. The predicted octanol–water partition coefficient (Wildman–Crippen LogP) is 4.00. The Morgan fingerprint density at radius 2 is 1.78 bits per heavy atom. The second kappa shape index (κ2) is 6.48. The van der Waals surface area contributed by atoms with Crippen molar-refractivity contribution in [2.75, 3.05) is 5.32 Å². The highest BCUT2D eigenvalue weighted by Gasteiger charge is 2.13. The highest BCUT2D eigenvalue weighted by Crippen LogP contribution is 2.14. The summed E-state index contributed by atoms with van der Waals surface area (Å²) in [6.07, 6.45) is 0.981. The van der Waals surface area contributed by atoms with Gasteiger partial charge < -0.3 is 5.32 Å². The number of hydrogen-bond acceptors (Lipinski definition) is 2. The van der Waals surface area contributed by atoms with Crippen LogP contribution in [-0.2, 0) is 6.42 Å². The highest BCUT2D eigenvalue weighted by atomic mass is 16.1. The third-order valence-corrected chi connectivity index (χ3v) is 3.74. The van der Waals surface area contributed by atoms with Crippen molar-refractivity contribution in [3.63, 3.8) is 0 Å². The van der Waals surface area contributed by atoms with Gasteiger partial charge in [0.05, 0.1) is 5.69 Å². The van der Waals surface area contributed by atoms with Crippen molar-refractivity contribution >= 4 is 11.6 Å². The van der Waals surface area contributed by atoms with Crippen molar-refractivity contribution in [2.45, 2.75) is 20.3 Å². The molecule has 1 heterocycles. The summed E-state index contributed by atoms with van der Waals surface area (Å²) in [6, 6.07) is 19.4. The lowest BCUT2D eigenvalue weighted by atomic mass is 10.1. The van der Waals surface area contributed by atoms with Gasteiger partial charge in [-0.2, -0.15) is 5.10 Å². The van der Waals surface area contributed by atoms with Crippen molar-refractivity contribution < 1.29 is 4.79 Å². The molecule has 4 nitrogen and oxygen atoms in total. The molecule has 0 saturated heterocycles. The fourth-order valence-corrected chi connectivity index (χ4v) is 2.43. The molecule has 23 heavy (non-hydrogen) atoms. The minimum Gasteiger partial charge on any atom is -0.321 e. The monoisotopic (exact) mass is 305 g/mol. The number of aryl methyl sites for hydroxylation is 2. The second-order valence-corrected chi connectivity index (χ2v) is 5.42. The number of hydrogen-bond donors (Lipinski definition) is 1. The minimum absolute atomic E-state index is 0.202. The third kappa shape index (κ3) is 3.31. The van der Waals surface area contributed by atoms with Crippen LogP contribution in [0.5, 0.6) is 0 Å². The number of para-hydroxylation sites is 1. The maximum atomic E-state index is 12.4. The first-order chi connectivity index (χ1) is 11.2. The summed E-state index contributed by atoms with van der Waals surface area (Å²) in [5.74, 6) is -0.202. The number of nitrogens with one attached hydrogen (secondary N) is 1. The number of aromatic nitrogens is 2. The molecule has 1 N–H and O–H groups in total. The number of carbonyl (C=O) groups excluding carboxylic acids is 1. The van der Waals surface area contributed by atoms with Gasteiger partial charge in [0.15, 0.2) is 5.69 Å². The average molecular weight is 305 g/mol. The van der Waals surface area contributed by atoms with E-state index in [0.717, 1.165) is 23.5 Å². The molecule has 116 valence electrons. The van der Waals surface area contributed by atoms with Gasteiger partial charge in [0.2, 0.25) is 0 Å². The van der Waals surface area contributed by atoms with Crippen molar-refractivity contribution in [2.24, 2.45) is 0 Å². The summed E-state index contributed by atoms with van der Waals surface area (Å²) >= 11 is 0. The van der Waals surface area contributed by atoms with E-state index in [-0.39, 0.29) is 5.91 Å². The van der Waals surface area contributed by atoms with Crippen LogP contribution in [0.1, 0.15) is 28.7 Å². The summed E-state index contributed by atoms with van der Waals surface area (Å²) in [6.45, 7) is 4.04. The van der Waals surface area contributed by atoms with Crippen LogP contribution in [0.2, 0.25) is 0 Å². The van der Waals surface area contributed by atoms with Gasteiger partial charge in [-0.05, 0) is 49.2 Å². The third-order valence-electron chi connectivity index (χ3n) is 3.74. The summed E-state index contributed by atoms with van der Waals surface area (Å²) in [5.41, 5.74) is 4.29. The van der Waals surface area contributed by atoms with E-state index in [4.69, 9.17) is 0 Å². The van der Waals surface area contributed by atoms with E-state index >= 15 is 0 Å². The van der Waals surface area contributed by atoms with Gasteiger partial charge in [0.1, 0.15) is 0 Å². The summed E-state index contributed by atoms with van der Waals surface area (Å²) in [5, 5.41) is 7.30. The molecule has 3 aromatic rings. The second-order valence-electron chi connectivity index (χ2n) is 5.42. The molecular weight excluding hydrogens is 286 g/mol. The van der Waals surface area contributed by atoms with Crippen LogP contribution in [-0.4, -0.2) is 15.7 Å². The molecule has 0 spiro atoms. The van der Waals surface area contributed by atoms with Crippen LogP contribution in [0.3, 0.4) is 0 Å². The SMILES string of the molecule is CCc1ccc(NC(=O)c2cc(C)n(-c3ccccc3)n2)cc1. The maximum Gasteiger partial charge on any atom is 0.276 e. The first kappa shape index (κ1) is 15.0. The molecule has 2 aromatic carbocycles. The Balaban J connectivity index is 1.80. The fraction of sp³-hybridized carbons (Fsp3) is 0.158. The van der Waals surface area contributed by atoms with Crippen LogP contribution < -0.4 is 5.32 Å². The maximum absolute atomic E-state index is 12.4. The van der Waals surface area contributed by atoms with E-state index < -0.39 is 0 Å². The van der Waals surface area contributed by atoms with E-state index in [9.17, 15) is 4.79 Å². The van der Waals surface area contributed by atoms with Crippen molar-refractivity contribution in [1.82, 2.24) is 9.78 Å². The molecule has 0 aliphatic rings. The molecule has 4 heteroatoms. The lowest BCUT2D eigenvalue weighted by molar-refractivity contribution is 0.102. The Labute approximate surface area is 135 Å². The zero-order chi connectivity index (χ0) is 16.2. The standard InChI is InChI=1S/C19H19N3O/c1-3-15-9-11-16(12-10-15)20-19(23)18-13-14(2)22(21-18)17-7-5-4-6-8-17/h4-13H,3H2,1-2H3,(H,20,23). The zero-order valence-corrected chi connectivity index (χ0v) is 13.3. The fourth-order valence-electron chi connectivity index (χ4n) is 2.43. The summed E-state index contributed by atoms with van der Waals surface area (Å²) < 4.78 is 1.77. The quantitative estimate of drug-likeness (QED) is 0.792. The van der Waals surface area contributed by atoms with E-state index in [1.165, 1.54) is 5.56 Å². The van der Waals surface area contributed by atoms with Crippen LogP contribution in [0.15, 0.2) is 60.7 Å².